The smallest absolute Gasteiger partial charge is 0.162 e. The van der Waals surface area contributed by atoms with Crippen LogP contribution in [0.15, 0.2) is 24.3 Å². The Morgan fingerprint density at radius 3 is 3.07 bits per heavy atom. The van der Waals surface area contributed by atoms with E-state index in [1.54, 1.807) is 0 Å². The molecule has 3 rings (SSSR count). The molecule has 0 bridgehead atoms. The van der Waals surface area contributed by atoms with Crippen LogP contribution in [0.1, 0.15) is 36.3 Å². The normalized spacial score (nSPS) is 29.5. The molecular weight excluding hydrogens is 188 g/mol. The predicted octanol–water partition coefficient (Wildman–Crippen LogP) is 2.42. The summed E-state index contributed by atoms with van der Waals surface area (Å²) in [5, 5.41) is 0. The van der Waals surface area contributed by atoms with Crippen LogP contribution in [0.5, 0.6) is 0 Å². The molecule has 1 saturated carbocycles. The van der Waals surface area contributed by atoms with Crippen LogP contribution in [0, 0.1) is 0 Å². The van der Waals surface area contributed by atoms with E-state index >= 15 is 0 Å². The van der Waals surface area contributed by atoms with Crippen molar-refractivity contribution < 1.29 is 9.53 Å². The number of carbonyl (C=O) groups excluding carboxylic acids is 1. The molecule has 0 amide bonds. The molecule has 2 heteroatoms. The molecule has 1 fully saturated rings. The summed E-state index contributed by atoms with van der Waals surface area (Å²) in [6, 6.07) is 8.34. The number of benzene rings is 1. The minimum absolute atomic E-state index is 0.159. The molecule has 2 nitrogen and oxygen atoms in total. The van der Waals surface area contributed by atoms with Gasteiger partial charge in [0, 0.05) is 12.3 Å². The van der Waals surface area contributed by atoms with Crippen LogP contribution in [-0.2, 0) is 16.1 Å². The second-order valence-corrected chi connectivity index (χ2v) is 4.40. The molecule has 1 aromatic rings. The van der Waals surface area contributed by atoms with Gasteiger partial charge >= 0.3 is 0 Å². The minimum Gasteiger partial charge on any atom is -0.365 e. The van der Waals surface area contributed by atoms with Gasteiger partial charge in [-0.15, -0.1) is 0 Å². The summed E-state index contributed by atoms with van der Waals surface area (Å²) in [5.74, 6) is 0.608. The fourth-order valence-corrected chi connectivity index (χ4v) is 2.75. The van der Waals surface area contributed by atoms with Crippen LogP contribution < -0.4 is 0 Å². The van der Waals surface area contributed by atoms with E-state index in [-0.39, 0.29) is 6.10 Å². The first-order chi connectivity index (χ1) is 7.36. The Kier molecular flexibility index (Phi) is 2.10. The standard InChI is InChI=1S/C13H14O2/c14-12-7-3-6-11-10-5-2-1-4-9(10)8-15-13(11)12/h1-2,4-5,11,13H,3,6-8H2/t11-,13-/m1/s1. The number of rotatable bonds is 0. The van der Waals surface area contributed by atoms with E-state index < -0.39 is 0 Å². The lowest BCUT2D eigenvalue weighted by Gasteiger charge is -2.35. The SMILES string of the molecule is O=C1CCC[C@@H]2c3ccccc3CO[C@@H]12. The van der Waals surface area contributed by atoms with Crippen molar-refractivity contribution in [3.8, 4) is 0 Å². The highest BCUT2D eigenvalue weighted by Crippen LogP contribution is 2.38. The molecule has 0 unspecified atom stereocenters. The maximum atomic E-state index is 11.7. The summed E-state index contributed by atoms with van der Waals surface area (Å²) in [4.78, 5) is 11.7. The Hall–Kier alpha value is -1.15. The fourth-order valence-electron chi connectivity index (χ4n) is 2.75. The molecule has 1 heterocycles. The number of ketones is 1. The van der Waals surface area contributed by atoms with Crippen LogP contribution >= 0.6 is 0 Å². The first-order valence-electron chi connectivity index (χ1n) is 5.58. The molecule has 0 aromatic heterocycles. The van der Waals surface area contributed by atoms with E-state index in [9.17, 15) is 4.79 Å². The van der Waals surface area contributed by atoms with E-state index in [2.05, 4.69) is 18.2 Å². The molecule has 0 saturated heterocycles. The summed E-state index contributed by atoms with van der Waals surface area (Å²) in [7, 11) is 0. The van der Waals surface area contributed by atoms with Crippen LogP contribution in [0.4, 0.5) is 0 Å². The summed E-state index contributed by atoms with van der Waals surface area (Å²) in [6.07, 6.45) is 2.64. The maximum absolute atomic E-state index is 11.7. The van der Waals surface area contributed by atoms with Crippen molar-refractivity contribution in [3.63, 3.8) is 0 Å². The molecule has 15 heavy (non-hydrogen) atoms. The third-order valence-electron chi connectivity index (χ3n) is 3.49. The highest BCUT2D eigenvalue weighted by molar-refractivity contribution is 5.85. The van der Waals surface area contributed by atoms with Crippen LogP contribution in [0.25, 0.3) is 0 Å². The van der Waals surface area contributed by atoms with E-state index in [1.807, 2.05) is 6.07 Å². The molecule has 0 spiro atoms. The summed E-state index contributed by atoms with van der Waals surface area (Å²) >= 11 is 0. The molecule has 2 atom stereocenters. The topological polar surface area (TPSA) is 26.3 Å². The average molecular weight is 202 g/mol. The molecular formula is C13H14O2. The third kappa shape index (κ3) is 1.40. The Morgan fingerprint density at radius 2 is 2.13 bits per heavy atom. The van der Waals surface area contributed by atoms with Gasteiger partial charge in [-0.3, -0.25) is 4.79 Å². The lowest BCUT2D eigenvalue weighted by molar-refractivity contribution is -0.137. The van der Waals surface area contributed by atoms with E-state index in [0.29, 0.717) is 24.7 Å². The lowest BCUT2D eigenvalue weighted by atomic mass is 9.78. The van der Waals surface area contributed by atoms with Crippen molar-refractivity contribution in [3.05, 3.63) is 35.4 Å². The molecule has 78 valence electrons. The van der Waals surface area contributed by atoms with Gasteiger partial charge in [-0.1, -0.05) is 24.3 Å². The lowest BCUT2D eigenvalue weighted by Crippen LogP contribution is -2.38. The summed E-state index contributed by atoms with van der Waals surface area (Å²) in [5.41, 5.74) is 2.59. The van der Waals surface area contributed by atoms with Gasteiger partial charge in [0.15, 0.2) is 5.78 Å². The summed E-state index contributed by atoms with van der Waals surface area (Å²) < 4.78 is 5.67. The van der Waals surface area contributed by atoms with Crippen molar-refractivity contribution in [2.24, 2.45) is 0 Å². The first-order valence-corrected chi connectivity index (χ1v) is 5.58. The van der Waals surface area contributed by atoms with Crippen molar-refractivity contribution in [2.45, 2.75) is 37.9 Å². The van der Waals surface area contributed by atoms with Gasteiger partial charge in [0.2, 0.25) is 0 Å². The fraction of sp³-hybridized carbons (Fsp3) is 0.462. The van der Waals surface area contributed by atoms with Gasteiger partial charge in [0.1, 0.15) is 6.10 Å². The van der Waals surface area contributed by atoms with Crippen molar-refractivity contribution in [2.75, 3.05) is 0 Å². The van der Waals surface area contributed by atoms with Gasteiger partial charge in [-0.25, -0.2) is 0 Å². The van der Waals surface area contributed by atoms with Crippen LogP contribution in [0.2, 0.25) is 0 Å². The van der Waals surface area contributed by atoms with Crippen molar-refractivity contribution in [1.82, 2.24) is 0 Å². The molecule has 0 radical (unpaired) electrons. The minimum atomic E-state index is -0.159. The van der Waals surface area contributed by atoms with Gasteiger partial charge < -0.3 is 4.74 Å². The monoisotopic (exact) mass is 202 g/mol. The second-order valence-electron chi connectivity index (χ2n) is 4.40. The predicted molar refractivity (Wildman–Crippen MR) is 56.6 cm³/mol. The third-order valence-corrected chi connectivity index (χ3v) is 3.49. The quantitative estimate of drug-likeness (QED) is 0.645. The average Bonchev–Trinajstić information content (AvgIpc) is 2.29. The first kappa shape index (κ1) is 9.10. The number of fused-ring (bicyclic) bond motifs is 3. The van der Waals surface area contributed by atoms with E-state index in [0.717, 1.165) is 12.8 Å². The Balaban J connectivity index is 2.02. The molecule has 1 aliphatic carbocycles. The maximum Gasteiger partial charge on any atom is 0.162 e. The van der Waals surface area contributed by atoms with Crippen molar-refractivity contribution in [1.29, 1.82) is 0 Å². The van der Waals surface area contributed by atoms with E-state index in [1.165, 1.54) is 11.1 Å². The van der Waals surface area contributed by atoms with Gasteiger partial charge in [0.05, 0.1) is 6.61 Å². The number of carbonyl (C=O) groups is 1. The van der Waals surface area contributed by atoms with Crippen molar-refractivity contribution >= 4 is 5.78 Å². The van der Waals surface area contributed by atoms with Crippen LogP contribution in [0.3, 0.4) is 0 Å². The highest BCUT2D eigenvalue weighted by Gasteiger charge is 2.37. The Labute approximate surface area is 89.2 Å². The number of ether oxygens (including phenoxy) is 1. The Bertz CT molecular complexity index is 397. The van der Waals surface area contributed by atoms with Gasteiger partial charge in [0.25, 0.3) is 0 Å². The van der Waals surface area contributed by atoms with Gasteiger partial charge in [-0.2, -0.15) is 0 Å². The highest BCUT2D eigenvalue weighted by atomic mass is 16.5. The number of Topliss-reactive ketones (excluding diaryl/α,β-unsaturated/α-hetero) is 1. The Morgan fingerprint density at radius 1 is 1.27 bits per heavy atom. The molecule has 1 aliphatic heterocycles. The molecule has 0 N–H and O–H groups in total. The zero-order valence-corrected chi connectivity index (χ0v) is 8.61. The second kappa shape index (κ2) is 3.46. The van der Waals surface area contributed by atoms with Crippen LogP contribution in [-0.4, -0.2) is 11.9 Å². The number of hydrogen-bond donors (Lipinski definition) is 0. The number of hydrogen-bond acceptors (Lipinski definition) is 2. The van der Waals surface area contributed by atoms with Gasteiger partial charge in [-0.05, 0) is 24.0 Å². The molecule has 1 aromatic carbocycles. The van der Waals surface area contributed by atoms with E-state index in [4.69, 9.17) is 4.74 Å². The molecule has 2 aliphatic rings. The summed E-state index contributed by atoms with van der Waals surface area (Å²) in [6.45, 7) is 0.600. The zero-order valence-electron chi connectivity index (χ0n) is 8.61. The largest absolute Gasteiger partial charge is 0.365 e. The zero-order chi connectivity index (χ0) is 10.3.